The zero-order valence-electron chi connectivity index (χ0n) is 16.8. The molecule has 0 aliphatic heterocycles. The second-order valence-electron chi connectivity index (χ2n) is 6.59. The predicted octanol–water partition coefficient (Wildman–Crippen LogP) is 0.102. The molecule has 0 aliphatic carbocycles. The average molecular weight is 398 g/mol. The van der Waals surface area contributed by atoms with Crippen LogP contribution in [0.4, 0.5) is 0 Å². The first-order valence-corrected chi connectivity index (χ1v) is 9.99. The number of guanidine groups is 4. The SMILES string of the molecule is N=C(N)NCCCCCCCNC(=N)NC(=N)NCCCCCCNC(=N)N. The fourth-order valence-corrected chi connectivity index (χ4v) is 2.47. The van der Waals surface area contributed by atoms with Crippen LogP contribution >= 0.6 is 0 Å². The van der Waals surface area contributed by atoms with Gasteiger partial charge in [-0.05, 0) is 25.7 Å². The molecular formula is C17H39N11. The van der Waals surface area contributed by atoms with Crippen LogP contribution in [0.2, 0.25) is 0 Å². The smallest absolute Gasteiger partial charge is 0.195 e. The maximum atomic E-state index is 7.78. The zero-order valence-corrected chi connectivity index (χ0v) is 16.8. The normalized spacial score (nSPS) is 10.0. The second-order valence-corrected chi connectivity index (χ2v) is 6.59. The summed E-state index contributed by atoms with van der Waals surface area (Å²) in [5.74, 6) is 0.303. The molecule has 0 radical (unpaired) electrons. The molecule has 11 heteroatoms. The summed E-state index contributed by atoms with van der Waals surface area (Å²) >= 11 is 0. The van der Waals surface area contributed by atoms with Crippen LogP contribution in [-0.2, 0) is 0 Å². The number of nitrogens with one attached hydrogen (secondary N) is 9. The summed E-state index contributed by atoms with van der Waals surface area (Å²) in [6.45, 7) is 2.87. The van der Waals surface area contributed by atoms with Crippen molar-refractivity contribution in [3.8, 4) is 0 Å². The Kier molecular flexibility index (Phi) is 16.0. The number of unbranched alkanes of at least 4 members (excludes halogenated alkanes) is 7. The molecule has 0 aromatic heterocycles. The van der Waals surface area contributed by atoms with Crippen molar-refractivity contribution in [1.29, 1.82) is 21.6 Å². The lowest BCUT2D eigenvalue weighted by atomic mass is 10.1. The first-order chi connectivity index (χ1) is 13.4. The molecule has 0 heterocycles. The van der Waals surface area contributed by atoms with E-state index in [9.17, 15) is 0 Å². The highest BCUT2D eigenvalue weighted by Gasteiger charge is 2.00. The molecule has 11 nitrogen and oxygen atoms in total. The van der Waals surface area contributed by atoms with Gasteiger partial charge in [0.1, 0.15) is 0 Å². The van der Waals surface area contributed by atoms with E-state index in [1.54, 1.807) is 0 Å². The molecule has 13 N–H and O–H groups in total. The van der Waals surface area contributed by atoms with Gasteiger partial charge in [0.25, 0.3) is 0 Å². The highest BCUT2D eigenvalue weighted by molar-refractivity contribution is 5.95. The molecule has 0 aliphatic rings. The first kappa shape index (κ1) is 25.3. The van der Waals surface area contributed by atoms with E-state index in [-0.39, 0.29) is 23.8 Å². The van der Waals surface area contributed by atoms with Crippen LogP contribution in [0.5, 0.6) is 0 Å². The Labute approximate surface area is 168 Å². The molecule has 0 spiro atoms. The average Bonchev–Trinajstić information content (AvgIpc) is 2.62. The first-order valence-electron chi connectivity index (χ1n) is 9.99. The Balaban J connectivity index is 3.39. The van der Waals surface area contributed by atoms with Crippen molar-refractivity contribution in [3.63, 3.8) is 0 Å². The Morgan fingerprint density at radius 3 is 1.07 bits per heavy atom. The third-order valence-corrected chi connectivity index (χ3v) is 3.94. The number of rotatable bonds is 15. The molecule has 162 valence electrons. The summed E-state index contributed by atoms with van der Waals surface area (Å²) in [6, 6.07) is 0. The maximum Gasteiger partial charge on any atom is 0.195 e. The van der Waals surface area contributed by atoms with E-state index in [4.69, 9.17) is 33.1 Å². The van der Waals surface area contributed by atoms with Gasteiger partial charge < -0.3 is 32.7 Å². The standard InChI is InChI=1S/C17H39N11/c18-14(19)24-10-6-2-1-3-8-12-26-16(22)28-17(23)27-13-9-5-4-7-11-25-15(20)21/h1-13H2,(H4,18,19,24)(H4,20,21,25)(H5,22,23,26,27,28). The minimum Gasteiger partial charge on any atom is -0.370 e. The van der Waals surface area contributed by atoms with Crippen molar-refractivity contribution in [2.75, 3.05) is 26.2 Å². The molecule has 0 saturated carbocycles. The lowest BCUT2D eigenvalue weighted by Gasteiger charge is -2.12. The van der Waals surface area contributed by atoms with E-state index in [0.717, 1.165) is 70.9 Å². The molecular weight excluding hydrogens is 358 g/mol. The van der Waals surface area contributed by atoms with Gasteiger partial charge >= 0.3 is 0 Å². The second kappa shape index (κ2) is 17.7. The van der Waals surface area contributed by atoms with Crippen LogP contribution in [0, 0.1) is 21.6 Å². The highest BCUT2D eigenvalue weighted by Crippen LogP contribution is 2.01. The van der Waals surface area contributed by atoms with Crippen LogP contribution < -0.4 is 38.1 Å². The summed E-state index contributed by atoms with van der Waals surface area (Å²) in [4.78, 5) is 0. The molecule has 0 rings (SSSR count). The van der Waals surface area contributed by atoms with Crippen molar-refractivity contribution in [2.24, 2.45) is 11.5 Å². The molecule has 0 aromatic rings. The third-order valence-electron chi connectivity index (χ3n) is 3.94. The van der Waals surface area contributed by atoms with Gasteiger partial charge in [0, 0.05) is 26.2 Å². The largest absolute Gasteiger partial charge is 0.370 e. The summed E-state index contributed by atoms with van der Waals surface area (Å²) in [5, 5.41) is 43.8. The minimum absolute atomic E-state index is 0.0101. The maximum absolute atomic E-state index is 7.78. The van der Waals surface area contributed by atoms with E-state index in [0.29, 0.717) is 13.1 Å². The molecule has 0 aromatic carbocycles. The summed E-state index contributed by atoms with van der Waals surface area (Å²) in [6.07, 6.45) is 9.28. The number of nitrogens with two attached hydrogens (primary N) is 2. The quantitative estimate of drug-likeness (QED) is 0.104. The highest BCUT2D eigenvalue weighted by atomic mass is 15.2. The van der Waals surface area contributed by atoms with E-state index >= 15 is 0 Å². The predicted molar refractivity (Wildman–Crippen MR) is 116 cm³/mol. The summed E-state index contributed by atoms with van der Waals surface area (Å²) in [5.41, 5.74) is 10.4. The Hall–Kier alpha value is -2.72. The Bertz CT molecular complexity index is 464. The molecule has 0 unspecified atom stereocenters. The monoisotopic (exact) mass is 397 g/mol. The fraction of sp³-hybridized carbons (Fsp3) is 0.765. The van der Waals surface area contributed by atoms with Crippen LogP contribution in [0.3, 0.4) is 0 Å². The molecule has 0 bridgehead atoms. The summed E-state index contributed by atoms with van der Waals surface area (Å²) < 4.78 is 0. The number of hydrogen-bond donors (Lipinski definition) is 11. The van der Waals surface area contributed by atoms with E-state index in [2.05, 4.69) is 26.6 Å². The third kappa shape index (κ3) is 19.6. The van der Waals surface area contributed by atoms with Crippen molar-refractivity contribution in [3.05, 3.63) is 0 Å². The zero-order chi connectivity index (χ0) is 21.0. The fourth-order valence-electron chi connectivity index (χ4n) is 2.47. The molecule has 0 amide bonds. The van der Waals surface area contributed by atoms with Gasteiger partial charge in [0.15, 0.2) is 23.8 Å². The van der Waals surface area contributed by atoms with Crippen molar-refractivity contribution < 1.29 is 0 Å². The van der Waals surface area contributed by atoms with Gasteiger partial charge in [-0.1, -0.05) is 32.1 Å². The van der Waals surface area contributed by atoms with Crippen LogP contribution in [0.15, 0.2) is 0 Å². The lowest BCUT2D eigenvalue weighted by Crippen LogP contribution is -2.46. The number of hydrogen-bond acceptors (Lipinski definition) is 4. The van der Waals surface area contributed by atoms with E-state index in [1.165, 1.54) is 0 Å². The van der Waals surface area contributed by atoms with Gasteiger partial charge in [0.05, 0.1) is 0 Å². The summed E-state index contributed by atoms with van der Waals surface area (Å²) in [7, 11) is 0. The van der Waals surface area contributed by atoms with Gasteiger partial charge in [-0.3, -0.25) is 27.0 Å². The van der Waals surface area contributed by atoms with Crippen LogP contribution in [-0.4, -0.2) is 50.0 Å². The molecule has 0 atom stereocenters. The van der Waals surface area contributed by atoms with Gasteiger partial charge in [-0.25, -0.2) is 0 Å². The Morgan fingerprint density at radius 1 is 0.464 bits per heavy atom. The lowest BCUT2D eigenvalue weighted by molar-refractivity contribution is 0.600. The van der Waals surface area contributed by atoms with Crippen molar-refractivity contribution >= 4 is 23.8 Å². The topological polar surface area (TPSA) is 208 Å². The molecule has 0 saturated heterocycles. The minimum atomic E-state index is 0.0101. The van der Waals surface area contributed by atoms with Crippen LogP contribution in [0.25, 0.3) is 0 Å². The van der Waals surface area contributed by atoms with Gasteiger partial charge in [-0.2, -0.15) is 0 Å². The van der Waals surface area contributed by atoms with Crippen molar-refractivity contribution in [2.45, 2.75) is 57.8 Å². The Morgan fingerprint density at radius 2 is 0.750 bits per heavy atom. The molecule has 28 heavy (non-hydrogen) atoms. The van der Waals surface area contributed by atoms with E-state index < -0.39 is 0 Å². The van der Waals surface area contributed by atoms with Crippen LogP contribution in [0.1, 0.15) is 57.8 Å². The molecule has 0 fully saturated rings. The van der Waals surface area contributed by atoms with E-state index in [1.807, 2.05) is 0 Å². The van der Waals surface area contributed by atoms with Gasteiger partial charge in [0.2, 0.25) is 0 Å². The van der Waals surface area contributed by atoms with Crippen molar-refractivity contribution in [1.82, 2.24) is 26.6 Å². The van der Waals surface area contributed by atoms with Gasteiger partial charge in [-0.15, -0.1) is 0 Å².